The first-order valence-electron chi connectivity index (χ1n) is 11.3. The van der Waals surface area contributed by atoms with Crippen LogP contribution in [0.2, 0.25) is 5.02 Å². The van der Waals surface area contributed by atoms with E-state index in [4.69, 9.17) is 16.3 Å². The summed E-state index contributed by atoms with van der Waals surface area (Å²) in [6.45, 7) is 0.209. The molecule has 3 amide bonds. The molecule has 5 rings (SSSR count). The Morgan fingerprint density at radius 1 is 1.14 bits per heavy atom. The number of halogens is 4. The van der Waals surface area contributed by atoms with E-state index in [1.54, 1.807) is 48.5 Å². The van der Waals surface area contributed by atoms with Crippen LogP contribution in [0.4, 0.5) is 29.3 Å². The van der Waals surface area contributed by atoms with Gasteiger partial charge in [-0.1, -0.05) is 23.7 Å². The van der Waals surface area contributed by atoms with Crippen molar-refractivity contribution in [1.29, 1.82) is 0 Å². The molecule has 2 aliphatic heterocycles. The Labute approximate surface area is 220 Å². The molecular formula is C26H21ClF3N3O3S. The average Bonchev–Trinajstić information content (AvgIpc) is 3.42. The van der Waals surface area contributed by atoms with Crippen molar-refractivity contribution in [3.05, 3.63) is 88.4 Å². The van der Waals surface area contributed by atoms with Crippen molar-refractivity contribution >= 4 is 46.7 Å². The van der Waals surface area contributed by atoms with E-state index in [1.807, 2.05) is 0 Å². The molecule has 3 aromatic rings. The third-order valence-electron chi connectivity index (χ3n) is 6.34. The van der Waals surface area contributed by atoms with E-state index in [-0.39, 0.29) is 6.54 Å². The number of urea groups is 1. The smallest absolute Gasteiger partial charge is 0.416 e. The number of ether oxygens (including phenoxy) is 1. The van der Waals surface area contributed by atoms with E-state index in [0.29, 0.717) is 45.6 Å². The standard InChI is InChI=1S/C26H21ClF3N3O3S/c1-36-20-9-10-22-21(14-20)25(23(34)32(22)15-16-3-2-4-17(13-16)26(28,29)30)33(11-12-37-25)24(35)31-19-7-5-18(27)6-8-19/h2-10,13-14H,11-12,15H2,1H3,(H,31,35)/t25-/m0/s1. The van der Waals surface area contributed by atoms with Gasteiger partial charge in [-0.05, 0) is 60.2 Å². The van der Waals surface area contributed by atoms with Crippen molar-refractivity contribution in [3.8, 4) is 5.75 Å². The lowest BCUT2D eigenvalue weighted by atomic mass is 10.1. The van der Waals surface area contributed by atoms with Crippen LogP contribution in [0.25, 0.3) is 0 Å². The van der Waals surface area contributed by atoms with E-state index < -0.39 is 28.5 Å². The van der Waals surface area contributed by atoms with Crippen LogP contribution >= 0.6 is 23.4 Å². The van der Waals surface area contributed by atoms with Gasteiger partial charge in [0.25, 0.3) is 5.91 Å². The van der Waals surface area contributed by atoms with Crippen LogP contribution < -0.4 is 15.0 Å². The summed E-state index contributed by atoms with van der Waals surface area (Å²) in [6, 6.07) is 16.1. The first-order valence-corrected chi connectivity index (χ1v) is 12.6. The molecule has 37 heavy (non-hydrogen) atoms. The molecule has 1 fully saturated rings. The van der Waals surface area contributed by atoms with Crippen LogP contribution in [-0.4, -0.2) is 36.2 Å². The van der Waals surface area contributed by atoms with Gasteiger partial charge >= 0.3 is 12.2 Å². The second-order valence-electron chi connectivity index (χ2n) is 8.55. The Kier molecular flexibility index (Phi) is 6.49. The minimum absolute atomic E-state index is 0.0863. The van der Waals surface area contributed by atoms with Gasteiger partial charge < -0.3 is 15.0 Å². The van der Waals surface area contributed by atoms with E-state index in [1.165, 1.54) is 34.7 Å². The molecule has 6 nitrogen and oxygen atoms in total. The molecule has 11 heteroatoms. The molecule has 3 aromatic carbocycles. The van der Waals surface area contributed by atoms with Crippen molar-refractivity contribution in [1.82, 2.24) is 4.90 Å². The summed E-state index contributed by atoms with van der Waals surface area (Å²) in [4.78, 5) is 29.0. The van der Waals surface area contributed by atoms with Crippen LogP contribution in [0.1, 0.15) is 16.7 Å². The number of anilines is 2. The Balaban J connectivity index is 1.53. The molecule has 192 valence electrons. The molecule has 1 spiro atoms. The highest BCUT2D eigenvalue weighted by Crippen LogP contribution is 2.55. The predicted octanol–water partition coefficient (Wildman–Crippen LogP) is 6.35. The summed E-state index contributed by atoms with van der Waals surface area (Å²) in [5, 5.41) is 3.34. The molecule has 1 N–H and O–H groups in total. The number of rotatable bonds is 4. The van der Waals surface area contributed by atoms with Gasteiger partial charge in [-0.25, -0.2) is 4.79 Å². The second-order valence-corrected chi connectivity index (χ2v) is 10.3. The zero-order chi connectivity index (χ0) is 26.4. The van der Waals surface area contributed by atoms with E-state index >= 15 is 0 Å². The number of thioether (sulfide) groups is 1. The lowest BCUT2D eigenvalue weighted by molar-refractivity contribution is -0.137. The lowest BCUT2D eigenvalue weighted by Gasteiger charge is -2.33. The topological polar surface area (TPSA) is 61.9 Å². The Hall–Kier alpha value is -3.37. The molecule has 0 aromatic heterocycles. The maximum Gasteiger partial charge on any atom is 0.416 e. The number of nitrogens with zero attached hydrogens (tertiary/aromatic N) is 2. The van der Waals surface area contributed by atoms with Crippen LogP contribution in [0.3, 0.4) is 0 Å². The van der Waals surface area contributed by atoms with Crippen molar-refractivity contribution in [2.45, 2.75) is 17.6 Å². The highest BCUT2D eigenvalue weighted by atomic mass is 35.5. The minimum Gasteiger partial charge on any atom is -0.497 e. The number of nitrogens with one attached hydrogen (secondary N) is 1. The largest absolute Gasteiger partial charge is 0.497 e. The third kappa shape index (κ3) is 4.48. The fraction of sp³-hybridized carbons (Fsp3) is 0.231. The molecule has 1 saturated heterocycles. The molecule has 2 aliphatic rings. The van der Waals surface area contributed by atoms with Crippen molar-refractivity contribution in [2.75, 3.05) is 29.6 Å². The van der Waals surface area contributed by atoms with Gasteiger partial charge in [-0.3, -0.25) is 9.69 Å². The van der Waals surface area contributed by atoms with Crippen molar-refractivity contribution in [3.63, 3.8) is 0 Å². The quantitative estimate of drug-likeness (QED) is 0.413. The number of amides is 3. The number of carbonyl (C=O) groups excluding carboxylic acids is 2. The molecule has 2 heterocycles. The number of benzene rings is 3. The summed E-state index contributed by atoms with van der Waals surface area (Å²) in [7, 11) is 1.50. The SMILES string of the molecule is COc1ccc2c(c1)[C@]1(SCCN1C(=O)Nc1ccc(Cl)cc1)C(=O)N2Cc1cccc(C(F)(F)F)c1. The zero-order valence-corrected chi connectivity index (χ0v) is 21.1. The van der Waals surface area contributed by atoms with Crippen LogP contribution in [0, 0.1) is 0 Å². The lowest BCUT2D eigenvalue weighted by Crippen LogP contribution is -2.51. The molecule has 0 bridgehead atoms. The number of carbonyl (C=O) groups is 2. The normalized spacial score (nSPS) is 18.9. The number of alkyl halides is 3. The van der Waals surface area contributed by atoms with Gasteiger partial charge in [0.15, 0.2) is 4.87 Å². The first kappa shape index (κ1) is 25.3. The molecule has 0 radical (unpaired) electrons. The Morgan fingerprint density at radius 3 is 2.59 bits per heavy atom. The Morgan fingerprint density at radius 2 is 1.89 bits per heavy atom. The van der Waals surface area contributed by atoms with Crippen molar-refractivity contribution < 1.29 is 27.5 Å². The summed E-state index contributed by atoms with van der Waals surface area (Å²) in [5.74, 6) is 0.590. The molecular weight excluding hydrogens is 527 g/mol. The van der Waals surface area contributed by atoms with Crippen LogP contribution in [-0.2, 0) is 22.4 Å². The van der Waals surface area contributed by atoms with E-state index in [0.717, 1.165) is 12.1 Å². The van der Waals surface area contributed by atoms with Crippen LogP contribution in [0.5, 0.6) is 5.75 Å². The Bertz CT molecular complexity index is 1370. The molecule has 0 unspecified atom stereocenters. The fourth-order valence-corrected chi connectivity index (χ4v) is 6.21. The number of methoxy groups -OCH3 is 1. The average molecular weight is 548 g/mol. The third-order valence-corrected chi connectivity index (χ3v) is 8.01. The van der Waals surface area contributed by atoms with Gasteiger partial charge in [-0.2, -0.15) is 13.2 Å². The summed E-state index contributed by atoms with van der Waals surface area (Å²) in [6.07, 6.45) is -4.50. The number of hydrogen-bond donors (Lipinski definition) is 1. The predicted molar refractivity (Wildman–Crippen MR) is 137 cm³/mol. The summed E-state index contributed by atoms with van der Waals surface area (Å²) in [5.41, 5.74) is 1.11. The molecule has 0 aliphatic carbocycles. The van der Waals surface area contributed by atoms with E-state index in [2.05, 4.69) is 5.32 Å². The second kappa shape index (κ2) is 9.50. The summed E-state index contributed by atoms with van der Waals surface area (Å²) < 4.78 is 45.3. The van der Waals surface area contributed by atoms with Gasteiger partial charge in [0.1, 0.15) is 5.75 Å². The summed E-state index contributed by atoms with van der Waals surface area (Å²) >= 11 is 7.25. The van der Waals surface area contributed by atoms with Gasteiger partial charge in [0.2, 0.25) is 0 Å². The number of fused-ring (bicyclic) bond motifs is 2. The minimum atomic E-state index is -4.50. The van der Waals surface area contributed by atoms with E-state index in [9.17, 15) is 22.8 Å². The maximum absolute atomic E-state index is 14.1. The van der Waals surface area contributed by atoms with Crippen LogP contribution in [0.15, 0.2) is 66.7 Å². The van der Waals surface area contributed by atoms with Gasteiger partial charge in [0.05, 0.1) is 24.9 Å². The first-order chi connectivity index (χ1) is 17.6. The monoisotopic (exact) mass is 547 g/mol. The maximum atomic E-state index is 14.1. The van der Waals surface area contributed by atoms with Crippen molar-refractivity contribution in [2.24, 2.45) is 0 Å². The van der Waals surface area contributed by atoms with Gasteiger partial charge in [-0.15, -0.1) is 11.8 Å². The molecule has 0 saturated carbocycles. The van der Waals surface area contributed by atoms with Gasteiger partial charge in [0, 0.05) is 28.6 Å². The highest BCUT2D eigenvalue weighted by molar-refractivity contribution is 8.01. The zero-order valence-electron chi connectivity index (χ0n) is 19.5. The fourth-order valence-electron chi connectivity index (χ4n) is 4.63. The molecule has 1 atom stereocenters. The highest BCUT2D eigenvalue weighted by Gasteiger charge is 2.59. The number of hydrogen-bond acceptors (Lipinski definition) is 4.